The average molecular weight is 435 g/mol. The number of hydrogen-bond acceptors (Lipinski definition) is 4. The highest BCUT2D eigenvalue weighted by Gasteiger charge is 2.40. The third-order valence-electron chi connectivity index (χ3n) is 4.17. The van der Waals surface area contributed by atoms with Gasteiger partial charge in [-0.1, -0.05) is 42.5 Å². The zero-order valence-corrected chi connectivity index (χ0v) is 18.5. The summed E-state index contributed by atoms with van der Waals surface area (Å²) in [6.45, 7) is 7.19. The number of methoxy groups -OCH3 is 1. The molecule has 0 saturated carbocycles. The third kappa shape index (κ3) is 6.49. The number of nitrogens with zero attached hydrogens (tertiary/aromatic N) is 2. The molecule has 1 aromatic carbocycles. The predicted octanol–water partition coefficient (Wildman–Crippen LogP) is 7.01. The first-order valence-electron chi connectivity index (χ1n) is 9.44. The summed E-state index contributed by atoms with van der Waals surface area (Å²) in [6.07, 6.45) is -1.07. The fourth-order valence-corrected chi connectivity index (χ4v) is 3.66. The van der Waals surface area contributed by atoms with Crippen molar-refractivity contribution in [3.8, 4) is 0 Å². The lowest BCUT2D eigenvalue weighted by Crippen LogP contribution is -2.17. The van der Waals surface area contributed by atoms with Crippen LogP contribution >= 0.6 is 11.8 Å². The van der Waals surface area contributed by atoms with Crippen molar-refractivity contribution in [2.24, 2.45) is 4.99 Å². The third-order valence-corrected chi connectivity index (χ3v) is 5.27. The number of alkyl halides is 3. The molecule has 0 radical (unpaired) electrons. The van der Waals surface area contributed by atoms with E-state index >= 15 is 0 Å². The van der Waals surface area contributed by atoms with Crippen molar-refractivity contribution in [2.45, 2.75) is 45.2 Å². The van der Waals surface area contributed by atoms with Gasteiger partial charge in [0.1, 0.15) is 5.57 Å². The SMILES string of the molecule is CC/C=C(Sc1ccc(C)cc1)/C(=C(\N=C(/C)c1ccc(C)nc1)OC)C(F)(F)F. The highest BCUT2D eigenvalue weighted by Crippen LogP contribution is 2.42. The van der Waals surface area contributed by atoms with E-state index in [0.29, 0.717) is 22.6 Å². The van der Waals surface area contributed by atoms with Crippen LogP contribution in [0.5, 0.6) is 0 Å². The van der Waals surface area contributed by atoms with E-state index in [2.05, 4.69) is 9.98 Å². The van der Waals surface area contributed by atoms with Crippen LogP contribution < -0.4 is 0 Å². The smallest absolute Gasteiger partial charge is 0.422 e. The topological polar surface area (TPSA) is 34.5 Å². The van der Waals surface area contributed by atoms with Crippen LogP contribution in [0.2, 0.25) is 0 Å². The van der Waals surface area contributed by atoms with Gasteiger partial charge in [0.2, 0.25) is 5.88 Å². The molecule has 0 bridgehead atoms. The lowest BCUT2D eigenvalue weighted by molar-refractivity contribution is -0.0917. The Kier molecular flexibility index (Phi) is 8.29. The highest BCUT2D eigenvalue weighted by atomic mass is 32.2. The fraction of sp³-hybridized carbons (Fsp3) is 0.304. The van der Waals surface area contributed by atoms with Crippen LogP contribution in [0.15, 0.2) is 74.9 Å². The molecule has 0 aliphatic carbocycles. The summed E-state index contributed by atoms with van der Waals surface area (Å²) in [5.41, 5.74) is 1.97. The molecule has 0 spiro atoms. The standard InChI is InChI=1S/C23H25F3N2OS/c1-6-7-20(30-19-12-8-15(2)9-13-19)21(23(24,25)26)22(29-5)28-17(4)18-11-10-16(3)27-14-18/h7-14H,6H2,1-5H3/b20-7-,22-21-,28-17+. The number of benzene rings is 1. The second-order valence-corrected chi connectivity index (χ2v) is 7.77. The van der Waals surface area contributed by atoms with E-state index in [4.69, 9.17) is 4.74 Å². The van der Waals surface area contributed by atoms with Crippen molar-refractivity contribution < 1.29 is 17.9 Å². The molecule has 0 aliphatic heterocycles. The molecule has 0 amide bonds. The second kappa shape index (κ2) is 10.5. The van der Waals surface area contributed by atoms with Crippen LogP contribution in [0, 0.1) is 13.8 Å². The van der Waals surface area contributed by atoms with E-state index in [1.807, 2.05) is 26.0 Å². The molecule has 2 rings (SSSR count). The lowest BCUT2D eigenvalue weighted by Gasteiger charge is -2.18. The van der Waals surface area contributed by atoms with Gasteiger partial charge in [0.25, 0.3) is 0 Å². The summed E-state index contributed by atoms with van der Waals surface area (Å²) in [5.74, 6) is -0.472. The molecule has 0 atom stereocenters. The number of halogens is 3. The molecule has 2 aromatic rings. The molecule has 1 aromatic heterocycles. The predicted molar refractivity (Wildman–Crippen MR) is 117 cm³/mol. The second-order valence-electron chi connectivity index (χ2n) is 6.66. The minimum Gasteiger partial charge on any atom is -0.481 e. The van der Waals surface area contributed by atoms with Gasteiger partial charge >= 0.3 is 6.18 Å². The summed E-state index contributed by atoms with van der Waals surface area (Å²) in [5, 5.41) is 0. The van der Waals surface area contributed by atoms with Crippen LogP contribution in [-0.4, -0.2) is 24.0 Å². The van der Waals surface area contributed by atoms with Crippen molar-refractivity contribution >= 4 is 17.5 Å². The monoisotopic (exact) mass is 434 g/mol. The minimum absolute atomic E-state index is 0.0595. The number of hydrogen-bond donors (Lipinski definition) is 0. The zero-order valence-electron chi connectivity index (χ0n) is 17.7. The number of pyridine rings is 1. The quantitative estimate of drug-likeness (QED) is 0.203. The first-order chi connectivity index (χ1) is 14.2. The van der Waals surface area contributed by atoms with Crippen LogP contribution in [0.3, 0.4) is 0 Å². The Labute approximate surface area is 179 Å². The molecular weight excluding hydrogens is 409 g/mol. The zero-order chi connectivity index (χ0) is 22.3. The van der Waals surface area contributed by atoms with Gasteiger partial charge < -0.3 is 4.74 Å². The van der Waals surface area contributed by atoms with Crippen molar-refractivity contribution in [1.29, 1.82) is 0 Å². The Hall–Kier alpha value is -2.54. The summed E-state index contributed by atoms with van der Waals surface area (Å²) in [4.78, 5) is 9.13. The van der Waals surface area contributed by atoms with Gasteiger partial charge in [-0.3, -0.25) is 4.98 Å². The number of aliphatic imine (C=N–C) groups is 1. The maximum absolute atomic E-state index is 14.1. The number of aromatic nitrogens is 1. The van der Waals surface area contributed by atoms with E-state index < -0.39 is 17.6 Å². The first kappa shape index (κ1) is 23.7. The maximum Gasteiger partial charge on any atom is 0.422 e. The first-order valence-corrected chi connectivity index (χ1v) is 10.3. The number of rotatable bonds is 7. The molecule has 0 fully saturated rings. The normalized spacial score (nSPS) is 13.9. The number of aryl methyl sites for hydroxylation is 2. The van der Waals surface area contributed by atoms with E-state index in [1.165, 1.54) is 7.11 Å². The fourth-order valence-electron chi connectivity index (χ4n) is 2.58. The average Bonchev–Trinajstić information content (AvgIpc) is 2.68. The van der Waals surface area contributed by atoms with Gasteiger partial charge in [0.05, 0.1) is 12.8 Å². The van der Waals surface area contributed by atoms with Crippen LogP contribution in [0.1, 0.15) is 37.1 Å². The number of allylic oxidation sites excluding steroid dienone is 2. The molecule has 160 valence electrons. The summed E-state index contributed by atoms with van der Waals surface area (Å²) >= 11 is 1.05. The number of thioether (sulfide) groups is 1. The Balaban J connectivity index is 2.57. The molecule has 1 heterocycles. The van der Waals surface area contributed by atoms with Crippen molar-refractivity contribution in [3.63, 3.8) is 0 Å². The molecule has 7 heteroatoms. The van der Waals surface area contributed by atoms with Crippen molar-refractivity contribution in [1.82, 2.24) is 4.98 Å². The van der Waals surface area contributed by atoms with Gasteiger partial charge in [0.15, 0.2) is 0 Å². The Bertz CT molecular complexity index is 944. The molecule has 30 heavy (non-hydrogen) atoms. The van der Waals surface area contributed by atoms with Gasteiger partial charge in [0, 0.05) is 27.3 Å². The van der Waals surface area contributed by atoms with Crippen LogP contribution in [-0.2, 0) is 4.74 Å². The molecule has 0 N–H and O–H groups in total. The molecular formula is C23H25F3N2OS. The van der Waals surface area contributed by atoms with E-state index in [0.717, 1.165) is 23.0 Å². The van der Waals surface area contributed by atoms with Gasteiger partial charge in [-0.15, -0.1) is 0 Å². The molecule has 0 aliphatic rings. The van der Waals surface area contributed by atoms with E-state index in [1.54, 1.807) is 50.4 Å². The molecule has 3 nitrogen and oxygen atoms in total. The summed E-state index contributed by atoms with van der Waals surface area (Å²) in [7, 11) is 1.20. The van der Waals surface area contributed by atoms with E-state index in [-0.39, 0.29) is 4.91 Å². The lowest BCUT2D eigenvalue weighted by atomic mass is 10.2. The van der Waals surface area contributed by atoms with Gasteiger partial charge in [-0.2, -0.15) is 13.2 Å². The largest absolute Gasteiger partial charge is 0.481 e. The molecule has 0 unspecified atom stereocenters. The van der Waals surface area contributed by atoms with Gasteiger partial charge in [-0.05, 0) is 51.5 Å². The maximum atomic E-state index is 14.1. The van der Waals surface area contributed by atoms with Crippen LogP contribution in [0.4, 0.5) is 13.2 Å². The Morgan fingerprint density at radius 3 is 2.30 bits per heavy atom. The highest BCUT2D eigenvalue weighted by molar-refractivity contribution is 8.03. The van der Waals surface area contributed by atoms with Crippen molar-refractivity contribution in [2.75, 3.05) is 7.11 Å². The minimum atomic E-state index is -4.64. The number of ether oxygens (including phenoxy) is 1. The van der Waals surface area contributed by atoms with Crippen molar-refractivity contribution in [3.05, 3.63) is 81.9 Å². The van der Waals surface area contributed by atoms with E-state index in [9.17, 15) is 13.2 Å². The summed E-state index contributed by atoms with van der Waals surface area (Å²) < 4.78 is 47.5. The van der Waals surface area contributed by atoms with Crippen LogP contribution in [0.25, 0.3) is 0 Å². The Morgan fingerprint density at radius 2 is 1.80 bits per heavy atom. The molecule has 0 saturated heterocycles. The Morgan fingerprint density at radius 1 is 1.13 bits per heavy atom. The van der Waals surface area contributed by atoms with Gasteiger partial charge in [-0.25, -0.2) is 4.99 Å². The summed E-state index contributed by atoms with van der Waals surface area (Å²) in [6, 6.07) is 10.9.